The minimum absolute atomic E-state index is 0. The Balaban J connectivity index is 0.00000162. The summed E-state index contributed by atoms with van der Waals surface area (Å²) in [6, 6.07) is 11.4. The van der Waals surface area contributed by atoms with Crippen molar-refractivity contribution in [3.63, 3.8) is 0 Å². The van der Waals surface area contributed by atoms with E-state index in [4.69, 9.17) is 0 Å². The predicted molar refractivity (Wildman–Crippen MR) is 80.3 cm³/mol. The normalized spacial score (nSPS) is 19.2. The van der Waals surface area contributed by atoms with Gasteiger partial charge in [0.2, 0.25) is 0 Å². The first kappa shape index (κ1) is 15.5. The summed E-state index contributed by atoms with van der Waals surface area (Å²) in [5.41, 5.74) is 1.44. The van der Waals surface area contributed by atoms with Crippen molar-refractivity contribution >= 4 is 12.4 Å². The summed E-state index contributed by atoms with van der Waals surface area (Å²) in [5, 5.41) is 3.29. The molecule has 2 rings (SSSR count). The van der Waals surface area contributed by atoms with E-state index in [1.54, 1.807) is 0 Å². The summed E-state index contributed by atoms with van der Waals surface area (Å²) in [4.78, 5) is 2.61. The molecule has 2 nitrogen and oxygen atoms in total. The van der Waals surface area contributed by atoms with Crippen molar-refractivity contribution in [2.45, 2.75) is 25.8 Å². The molecule has 1 N–H and O–H groups in total. The number of benzene rings is 1. The average molecular weight is 269 g/mol. The van der Waals surface area contributed by atoms with Crippen LogP contribution in [0.3, 0.4) is 0 Å². The molecule has 0 radical (unpaired) electrons. The highest BCUT2D eigenvalue weighted by Gasteiger charge is 2.22. The quantitative estimate of drug-likeness (QED) is 0.903. The monoisotopic (exact) mass is 268 g/mol. The van der Waals surface area contributed by atoms with E-state index in [9.17, 15) is 0 Å². The predicted octanol–water partition coefficient (Wildman–Crippen LogP) is 3.10. The molecule has 1 fully saturated rings. The van der Waals surface area contributed by atoms with Crippen LogP contribution in [0.5, 0.6) is 0 Å². The third-order valence-electron chi connectivity index (χ3n) is 3.97. The Hall–Kier alpha value is -0.570. The van der Waals surface area contributed by atoms with Gasteiger partial charge in [0.05, 0.1) is 0 Å². The third-order valence-corrected chi connectivity index (χ3v) is 3.97. The van der Waals surface area contributed by atoms with Crippen LogP contribution in [0.15, 0.2) is 30.3 Å². The molecule has 1 atom stereocenters. The van der Waals surface area contributed by atoms with Crippen molar-refractivity contribution in [3.8, 4) is 0 Å². The lowest BCUT2D eigenvalue weighted by atomic mass is 9.94. The highest BCUT2D eigenvalue weighted by molar-refractivity contribution is 5.85. The molecule has 1 aliphatic rings. The standard InChI is InChI=1S/C15H24N2.ClH/c1-13(15-6-4-3-5-7-15)17-10-8-14(9-11-17)12-16-2;/h3-7,13-14,16H,8-12H2,1-2H3;1H. The van der Waals surface area contributed by atoms with Gasteiger partial charge >= 0.3 is 0 Å². The highest BCUT2D eigenvalue weighted by atomic mass is 35.5. The molecule has 1 aromatic carbocycles. The molecule has 1 aromatic rings. The van der Waals surface area contributed by atoms with Gasteiger partial charge in [-0.1, -0.05) is 30.3 Å². The van der Waals surface area contributed by atoms with Crippen LogP contribution < -0.4 is 5.32 Å². The van der Waals surface area contributed by atoms with E-state index in [2.05, 4.69) is 54.5 Å². The van der Waals surface area contributed by atoms with Gasteiger partial charge in [-0.15, -0.1) is 12.4 Å². The molecule has 18 heavy (non-hydrogen) atoms. The molecule has 102 valence electrons. The van der Waals surface area contributed by atoms with Crippen LogP contribution >= 0.6 is 12.4 Å². The lowest BCUT2D eigenvalue weighted by Crippen LogP contribution is -2.38. The van der Waals surface area contributed by atoms with E-state index in [1.807, 2.05) is 0 Å². The first-order chi connectivity index (χ1) is 8.31. The number of rotatable bonds is 4. The average Bonchev–Trinajstić information content (AvgIpc) is 2.40. The number of halogens is 1. The number of likely N-dealkylation sites (tertiary alicyclic amines) is 1. The Morgan fingerprint density at radius 2 is 1.83 bits per heavy atom. The van der Waals surface area contributed by atoms with Crippen molar-refractivity contribution in [1.82, 2.24) is 10.2 Å². The molecule has 0 spiro atoms. The van der Waals surface area contributed by atoms with Gasteiger partial charge in [-0.2, -0.15) is 0 Å². The zero-order valence-corrected chi connectivity index (χ0v) is 12.2. The first-order valence-electron chi connectivity index (χ1n) is 6.75. The van der Waals surface area contributed by atoms with Gasteiger partial charge < -0.3 is 5.32 Å². The number of hydrogen-bond acceptors (Lipinski definition) is 2. The highest BCUT2D eigenvalue weighted by Crippen LogP contribution is 2.25. The second-order valence-electron chi connectivity index (χ2n) is 5.12. The fraction of sp³-hybridized carbons (Fsp3) is 0.600. The van der Waals surface area contributed by atoms with E-state index in [0.717, 1.165) is 5.92 Å². The van der Waals surface area contributed by atoms with Crippen molar-refractivity contribution in [1.29, 1.82) is 0 Å². The molecular formula is C15H25ClN2. The minimum atomic E-state index is 0. The summed E-state index contributed by atoms with van der Waals surface area (Å²) in [6.07, 6.45) is 2.66. The van der Waals surface area contributed by atoms with E-state index in [-0.39, 0.29) is 12.4 Å². The van der Waals surface area contributed by atoms with E-state index in [0.29, 0.717) is 6.04 Å². The van der Waals surface area contributed by atoms with Gasteiger partial charge in [-0.3, -0.25) is 4.90 Å². The third kappa shape index (κ3) is 3.98. The Bertz CT molecular complexity index is 321. The number of hydrogen-bond donors (Lipinski definition) is 1. The summed E-state index contributed by atoms with van der Waals surface area (Å²) < 4.78 is 0. The van der Waals surface area contributed by atoms with Crippen LogP contribution in [0.25, 0.3) is 0 Å². The fourth-order valence-corrected chi connectivity index (χ4v) is 2.78. The lowest BCUT2D eigenvalue weighted by Gasteiger charge is -2.36. The van der Waals surface area contributed by atoms with E-state index >= 15 is 0 Å². The maximum absolute atomic E-state index is 3.29. The van der Waals surface area contributed by atoms with Gasteiger partial charge in [0, 0.05) is 6.04 Å². The SMILES string of the molecule is CNCC1CCN(C(C)c2ccccc2)CC1.Cl. The second-order valence-corrected chi connectivity index (χ2v) is 5.12. The molecule has 0 amide bonds. The summed E-state index contributed by atoms with van der Waals surface area (Å²) in [5.74, 6) is 0.874. The number of nitrogens with zero attached hydrogens (tertiary/aromatic N) is 1. The van der Waals surface area contributed by atoms with Gasteiger partial charge in [0.25, 0.3) is 0 Å². The summed E-state index contributed by atoms with van der Waals surface area (Å²) >= 11 is 0. The molecule has 1 aliphatic heterocycles. The van der Waals surface area contributed by atoms with Gasteiger partial charge in [0.15, 0.2) is 0 Å². The molecule has 1 saturated heterocycles. The van der Waals surface area contributed by atoms with Crippen LogP contribution in [0, 0.1) is 5.92 Å². The Labute approximate surface area is 117 Å². The fourth-order valence-electron chi connectivity index (χ4n) is 2.78. The zero-order chi connectivity index (χ0) is 12.1. The summed E-state index contributed by atoms with van der Waals surface area (Å²) in [7, 11) is 2.05. The molecule has 0 saturated carbocycles. The maximum Gasteiger partial charge on any atom is 0.0319 e. The molecule has 1 unspecified atom stereocenters. The van der Waals surface area contributed by atoms with Crippen LogP contribution in [0.2, 0.25) is 0 Å². The minimum Gasteiger partial charge on any atom is -0.319 e. The number of nitrogens with one attached hydrogen (secondary N) is 1. The van der Waals surface area contributed by atoms with Gasteiger partial charge in [-0.25, -0.2) is 0 Å². The van der Waals surface area contributed by atoms with Crippen molar-refractivity contribution in [2.24, 2.45) is 5.92 Å². The number of piperidine rings is 1. The van der Waals surface area contributed by atoms with Crippen LogP contribution in [0.1, 0.15) is 31.4 Å². The van der Waals surface area contributed by atoms with Crippen LogP contribution in [0.4, 0.5) is 0 Å². The summed E-state index contributed by atoms with van der Waals surface area (Å²) in [6.45, 7) is 5.98. The molecule has 0 bridgehead atoms. The van der Waals surface area contributed by atoms with Crippen LogP contribution in [-0.4, -0.2) is 31.6 Å². The molecule has 0 aliphatic carbocycles. The van der Waals surface area contributed by atoms with Crippen LogP contribution in [-0.2, 0) is 0 Å². The second kappa shape index (κ2) is 7.78. The largest absolute Gasteiger partial charge is 0.319 e. The molecule has 0 aromatic heterocycles. The Morgan fingerprint density at radius 3 is 2.39 bits per heavy atom. The topological polar surface area (TPSA) is 15.3 Å². The zero-order valence-electron chi connectivity index (χ0n) is 11.4. The Morgan fingerprint density at radius 1 is 1.22 bits per heavy atom. The molecular weight excluding hydrogens is 244 g/mol. The lowest BCUT2D eigenvalue weighted by molar-refractivity contribution is 0.141. The van der Waals surface area contributed by atoms with Gasteiger partial charge in [0.1, 0.15) is 0 Å². The van der Waals surface area contributed by atoms with E-state index < -0.39 is 0 Å². The van der Waals surface area contributed by atoms with Crippen molar-refractivity contribution in [3.05, 3.63) is 35.9 Å². The van der Waals surface area contributed by atoms with Crippen molar-refractivity contribution < 1.29 is 0 Å². The molecule has 3 heteroatoms. The maximum atomic E-state index is 3.29. The first-order valence-corrected chi connectivity index (χ1v) is 6.75. The Kier molecular flexibility index (Phi) is 6.69. The molecule has 1 heterocycles. The van der Waals surface area contributed by atoms with Crippen molar-refractivity contribution in [2.75, 3.05) is 26.7 Å². The van der Waals surface area contributed by atoms with E-state index in [1.165, 1.54) is 38.0 Å². The smallest absolute Gasteiger partial charge is 0.0319 e. The van der Waals surface area contributed by atoms with Gasteiger partial charge in [-0.05, 0) is 57.9 Å².